The van der Waals surface area contributed by atoms with E-state index in [1.807, 2.05) is 55.5 Å². The van der Waals surface area contributed by atoms with Gasteiger partial charge in [-0.25, -0.2) is 4.68 Å². The second-order valence-electron chi connectivity index (χ2n) is 6.95. The van der Waals surface area contributed by atoms with Crippen LogP contribution in [-0.4, -0.2) is 9.78 Å². The van der Waals surface area contributed by atoms with Crippen LogP contribution in [-0.2, 0) is 6.42 Å². The molecule has 3 aromatic rings. The molecule has 144 valence electrons. The summed E-state index contributed by atoms with van der Waals surface area (Å²) >= 11 is 0. The van der Waals surface area contributed by atoms with Crippen LogP contribution in [0.15, 0.2) is 76.2 Å². The molecule has 5 nitrogen and oxygen atoms in total. The molecule has 0 amide bonds. The molecule has 1 N–H and O–H groups in total. The predicted octanol–water partition coefficient (Wildman–Crippen LogP) is 6.13. The van der Waals surface area contributed by atoms with Crippen LogP contribution in [0.5, 0.6) is 0 Å². The molecule has 0 radical (unpaired) electrons. The van der Waals surface area contributed by atoms with Crippen molar-refractivity contribution in [2.75, 3.05) is 0 Å². The minimum absolute atomic E-state index is 0.209. The molecule has 0 saturated heterocycles. The van der Waals surface area contributed by atoms with Crippen LogP contribution in [0, 0.1) is 6.92 Å². The number of azo groups is 1. The summed E-state index contributed by atoms with van der Waals surface area (Å²) in [4.78, 5) is 12.9. The number of hydrogen-bond acceptors (Lipinski definition) is 3. The van der Waals surface area contributed by atoms with Gasteiger partial charge in [-0.1, -0.05) is 50.3 Å². The van der Waals surface area contributed by atoms with Crippen molar-refractivity contribution in [2.24, 2.45) is 10.2 Å². The summed E-state index contributed by atoms with van der Waals surface area (Å²) in [5.41, 5.74) is 4.66. The third kappa shape index (κ3) is 4.03. The predicted molar refractivity (Wildman–Crippen MR) is 114 cm³/mol. The van der Waals surface area contributed by atoms with E-state index in [-0.39, 0.29) is 5.56 Å². The SMILES string of the molecule is C=CCc1ccc(-n2[nH]c(C)c(N=Nc3ccccc3C(C)CC)c2=O)cc1. The summed E-state index contributed by atoms with van der Waals surface area (Å²) in [7, 11) is 0. The second kappa shape index (κ2) is 8.65. The first-order valence-electron chi connectivity index (χ1n) is 9.57. The molecule has 0 aliphatic rings. The number of hydrogen-bond donors (Lipinski definition) is 1. The maximum Gasteiger partial charge on any atom is 0.299 e. The van der Waals surface area contributed by atoms with E-state index < -0.39 is 0 Å². The smallest absolute Gasteiger partial charge is 0.293 e. The van der Waals surface area contributed by atoms with Gasteiger partial charge in [-0.15, -0.1) is 11.7 Å². The van der Waals surface area contributed by atoms with Crippen molar-refractivity contribution in [1.29, 1.82) is 0 Å². The van der Waals surface area contributed by atoms with Gasteiger partial charge in [0.15, 0.2) is 5.69 Å². The van der Waals surface area contributed by atoms with E-state index in [2.05, 4.69) is 41.8 Å². The Morgan fingerprint density at radius 1 is 1.14 bits per heavy atom. The van der Waals surface area contributed by atoms with Crippen molar-refractivity contribution in [2.45, 2.75) is 39.5 Å². The molecule has 5 heteroatoms. The zero-order valence-corrected chi connectivity index (χ0v) is 16.6. The number of benzene rings is 2. The Morgan fingerprint density at radius 3 is 2.54 bits per heavy atom. The summed E-state index contributed by atoms with van der Waals surface area (Å²) in [5.74, 6) is 0.383. The Balaban J connectivity index is 1.94. The number of aryl methyl sites for hydroxylation is 1. The van der Waals surface area contributed by atoms with E-state index in [0.717, 1.165) is 35.3 Å². The largest absolute Gasteiger partial charge is 0.299 e. The Bertz CT molecular complexity index is 1040. The molecule has 0 aliphatic carbocycles. The van der Waals surface area contributed by atoms with Gasteiger partial charge in [-0.2, -0.15) is 5.11 Å². The molecule has 1 aromatic heterocycles. The van der Waals surface area contributed by atoms with Crippen LogP contribution in [0.25, 0.3) is 5.69 Å². The number of aromatic amines is 1. The van der Waals surface area contributed by atoms with E-state index >= 15 is 0 Å². The average molecular weight is 374 g/mol. The molecule has 3 rings (SSSR count). The zero-order chi connectivity index (χ0) is 20.1. The third-order valence-corrected chi connectivity index (χ3v) is 4.95. The fourth-order valence-electron chi connectivity index (χ4n) is 3.10. The Morgan fingerprint density at radius 2 is 1.86 bits per heavy atom. The van der Waals surface area contributed by atoms with Gasteiger partial charge in [0.05, 0.1) is 17.1 Å². The van der Waals surface area contributed by atoms with E-state index in [9.17, 15) is 4.79 Å². The number of rotatable bonds is 7. The lowest BCUT2D eigenvalue weighted by molar-refractivity contribution is 0.733. The molecule has 1 atom stereocenters. The van der Waals surface area contributed by atoms with Crippen LogP contribution >= 0.6 is 0 Å². The second-order valence-corrected chi connectivity index (χ2v) is 6.95. The van der Waals surface area contributed by atoms with Crippen LogP contribution in [0.4, 0.5) is 11.4 Å². The molecule has 2 aromatic carbocycles. The minimum atomic E-state index is -0.209. The van der Waals surface area contributed by atoms with Crippen molar-refractivity contribution in [1.82, 2.24) is 9.78 Å². The van der Waals surface area contributed by atoms with Crippen molar-refractivity contribution < 1.29 is 0 Å². The van der Waals surface area contributed by atoms with Crippen LogP contribution in [0.3, 0.4) is 0 Å². The lowest BCUT2D eigenvalue weighted by Gasteiger charge is -2.10. The molecular formula is C23H26N4O. The molecule has 28 heavy (non-hydrogen) atoms. The van der Waals surface area contributed by atoms with Crippen LogP contribution < -0.4 is 5.56 Å². The highest BCUT2D eigenvalue weighted by Crippen LogP contribution is 2.30. The fraction of sp³-hybridized carbons (Fsp3) is 0.261. The molecular weight excluding hydrogens is 348 g/mol. The van der Waals surface area contributed by atoms with Gasteiger partial charge in [-0.05, 0) is 55.0 Å². The Kier molecular flexibility index (Phi) is 6.04. The first-order chi connectivity index (χ1) is 13.5. The monoisotopic (exact) mass is 374 g/mol. The van der Waals surface area contributed by atoms with Crippen molar-refractivity contribution >= 4 is 11.4 Å². The van der Waals surface area contributed by atoms with Gasteiger partial charge in [0, 0.05) is 0 Å². The van der Waals surface area contributed by atoms with E-state index in [0.29, 0.717) is 17.3 Å². The molecule has 0 bridgehead atoms. The highest BCUT2D eigenvalue weighted by molar-refractivity contribution is 5.49. The van der Waals surface area contributed by atoms with Gasteiger partial charge in [0.2, 0.25) is 0 Å². The molecule has 1 heterocycles. The minimum Gasteiger partial charge on any atom is -0.293 e. The Labute approximate surface area is 165 Å². The van der Waals surface area contributed by atoms with Crippen molar-refractivity contribution in [3.05, 3.63) is 88.4 Å². The van der Waals surface area contributed by atoms with Gasteiger partial charge in [0.25, 0.3) is 5.56 Å². The first-order valence-corrected chi connectivity index (χ1v) is 9.57. The van der Waals surface area contributed by atoms with Crippen molar-refractivity contribution in [3.8, 4) is 5.69 Å². The molecule has 0 spiro atoms. The average Bonchev–Trinajstić information content (AvgIpc) is 3.00. The number of nitrogens with one attached hydrogen (secondary N) is 1. The first kappa shape index (κ1) is 19.5. The number of nitrogens with zero attached hydrogens (tertiary/aromatic N) is 3. The third-order valence-electron chi connectivity index (χ3n) is 4.95. The summed E-state index contributed by atoms with van der Waals surface area (Å²) < 4.78 is 1.50. The maximum atomic E-state index is 12.9. The van der Waals surface area contributed by atoms with E-state index in [4.69, 9.17) is 0 Å². The quantitative estimate of drug-likeness (QED) is 0.392. The summed E-state index contributed by atoms with van der Waals surface area (Å²) in [6.45, 7) is 9.89. The van der Waals surface area contributed by atoms with Crippen molar-refractivity contribution in [3.63, 3.8) is 0 Å². The summed E-state index contributed by atoms with van der Waals surface area (Å²) in [5, 5.41) is 11.8. The normalized spacial score (nSPS) is 12.4. The lowest BCUT2D eigenvalue weighted by atomic mass is 9.97. The highest BCUT2D eigenvalue weighted by Gasteiger charge is 2.13. The van der Waals surface area contributed by atoms with Gasteiger partial charge < -0.3 is 0 Å². The Hall–Kier alpha value is -3.21. The van der Waals surface area contributed by atoms with Gasteiger partial charge >= 0.3 is 0 Å². The molecule has 1 unspecified atom stereocenters. The number of allylic oxidation sites excluding steroid dienone is 1. The fourth-order valence-corrected chi connectivity index (χ4v) is 3.10. The highest BCUT2D eigenvalue weighted by atomic mass is 16.1. The summed E-state index contributed by atoms with van der Waals surface area (Å²) in [6, 6.07) is 15.7. The van der Waals surface area contributed by atoms with Crippen LogP contribution in [0.2, 0.25) is 0 Å². The number of aromatic nitrogens is 2. The van der Waals surface area contributed by atoms with E-state index in [1.165, 1.54) is 4.68 Å². The lowest BCUT2D eigenvalue weighted by Crippen LogP contribution is -2.14. The molecule has 0 fully saturated rings. The molecule has 0 aliphatic heterocycles. The number of H-pyrrole nitrogens is 1. The zero-order valence-electron chi connectivity index (χ0n) is 16.6. The standard InChI is InChI=1S/C23H26N4O/c1-5-9-18-12-14-19(15-13-18)27-23(28)22(17(4)26-27)25-24-21-11-8-7-10-20(21)16(3)6-2/h5,7-8,10-16,26H,1,6,9H2,2-4H3. The van der Waals surface area contributed by atoms with Crippen LogP contribution in [0.1, 0.15) is 43.0 Å². The van der Waals surface area contributed by atoms with E-state index in [1.54, 1.807) is 0 Å². The van der Waals surface area contributed by atoms with Gasteiger partial charge in [0.1, 0.15) is 0 Å². The summed E-state index contributed by atoms with van der Waals surface area (Å²) in [6.07, 6.45) is 3.67. The maximum absolute atomic E-state index is 12.9. The topological polar surface area (TPSA) is 62.5 Å². The van der Waals surface area contributed by atoms with Gasteiger partial charge in [-0.3, -0.25) is 9.89 Å². The molecule has 0 saturated carbocycles.